The number of likely N-dealkylation sites (tertiary alicyclic amines) is 1. The van der Waals surface area contributed by atoms with Gasteiger partial charge < -0.3 is 5.73 Å². The van der Waals surface area contributed by atoms with Crippen LogP contribution in [0.2, 0.25) is 0 Å². The highest BCUT2D eigenvalue weighted by molar-refractivity contribution is 5.40. The molecule has 0 radical (unpaired) electrons. The summed E-state index contributed by atoms with van der Waals surface area (Å²) in [6.07, 6.45) is 2.97. The highest BCUT2D eigenvalue weighted by Crippen LogP contribution is 2.20. The highest BCUT2D eigenvalue weighted by atomic mass is 15.3. The summed E-state index contributed by atoms with van der Waals surface area (Å²) in [5, 5.41) is 4.51. The van der Waals surface area contributed by atoms with E-state index in [0.717, 1.165) is 26.1 Å². The second kappa shape index (κ2) is 6.00. The molecule has 1 aromatic heterocycles. The first-order chi connectivity index (χ1) is 10.1. The zero-order valence-electron chi connectivity index (χ0n) is 12.9. The van der Waals surface area contributed by atoms with Gasteiger partial charge in [-0.05, 0) is 37.0 Å². The van der Waals surface area contributed by atoms with Crippen LogP contribution >= 0.6 is 0 Å². The molecule has 1 aromatic carbocycles. The minimum Gasteiger partial charge on any atom is -0.327 e. The standard InChI is InChI=1S/C17H24N4/c1-13-5-3-4-6-17(13)21-15(7-9-19-21)12-20-10-8-16(18)14(2)11-20/h3-7,9,14,16H,8,10-12,18H2,1-2H3. The van der Waals surface area contributed by atoms with Crippen molar-refractivity contribution in [3.8, 4) is 5.69 Å². The maximum Gasteiger partial charge on any atom is 0.0678 e. The van der Waals surface area contributed by atoms with Crippen molar-refractivity contribution in [2.24, 2.45) is 11.7 Å². The lowest BCUT2D eigenvalue weighted by Gasteiger charge is -2.35. The third kappa shape index (κ3) is 3.01. The van der Waals surface area contributed by atoms with Gasteiger partial charge in [0.2, 0.25) is 0 Å². The summed E-state index contributed by atoms with van der Waals surface area (Å²) in [7, 11) is 0. The Morgan fingerprint density at radius 1 is 1.29 bits per heavy atom. The smallest absolute Gasteiger partial charge is 0.0678 e. The molecule has 1 fully saturated rings. The number of aryl methyl sites for hydroxylation is 1. The number of piperidine rings is 1. The molecule has 2 aromatic rings. The van der Waals surface area contributed by atoms with Crippen molar-refractivity contribution in [2.45, 2.75) is 32.9 Å². The van der Waals surface area contributed by atoms with Crippen LogP contribution in [0.3, 0.4) is 0 Å². The van der Waals surface area contributed by atoms with Crippen molar-refractivity contribution in [3.05, 3.63) is 47.8 Å². The van der Waals surface area contributed by atoms with E-state index in [9.17, 15) is 0 Å². The normalized spacial score (nSPS) is 23.4. The number of nitrogens with two attached hydrogens (primary N) is 1. The van der Waals surface area contributed by atoms with Gasteiger partial charge in [-0.25, -0.2) is 4.68 Å². The molecule has 2 unspecified atom stereocenters. The van der Waals surface area contributed by atoms with E-state index in [1.165, 1.54) is 16.9 Å². The zero-order chi connectivity index (χ0) is 14.8. The first-order valence-corrected chi connectivity index (χ1v) is 7.72. The molecule has 1 saturated heterocycles. The van der Waals surface area contributed by atoms with Crippen molar-refractivity contribution in [1.82, 2.24) is 14.7 Å². The first-order valence-electron chi connectivity index (χ1n) is 7.72. The summed E-state index contributed by atoms with van der Waals surface area (Å²) in [5.74, 6) is 0.564. The Kier molecular flexibility index (Phi) is 4.08. The molecule has 3 rings (SSSR count). The summed E-state index contributed by atoms with van der Waals surface area (Å²) in [4.78, 5) is 2.49. The molecule has 1 aliphatic rings. The molecule has 0 spiro atoms. The largest absolute Gasteiger partial charge is 0.327 e. The van der Waals surface area contributed by atoms with Crippen LogP contribution in [0.1, 0.15) is 24.6 Å². The number of aromatic nitrogens is 2. The summed E-state index contributed by atoms with van der Waals surface area (Å²) in [6, 6.07) is 10.9. The van der Waals surface area contributed by atoms with E-state index >= 15 is 0 Å². The number of rotatable bonds is 3. The Morgan fingerprint density at radius 2 is 2.10 bits per heavy atom. The fourth-order valence-electron chi connectivity index (χ4n) is 3.09. The second-order valence-electron chi connectivity index (χ2n) is 6.19. The van der Waals surface area contributed by atoms with Gasteiger partial charge >= 0.3 is 0 Å². The van der Waals surface area contributed by atoms with Gasteiger partial charge in [0.1, 0.15) is 0 Å². The average Bonchev–Trinajstić information content (AvgIpc) is 2.91. The van der Waals surface area contributed by atoms with Crippen molar-refractivity contribution in [1.29, 1.82) is 0 Å². The van der Waals surface area contributed by atoms with Gasteiger partial charge in [-0.1, -0.05) is 25.1 Å². The minimum absolute atomic E-state index is 0.350. The van der Waals surface area contributed by atoms with Gasteiger partial charge in [-0.3, -0.25) is 4.90 Å². The molecule has 2 heterocycles. The van der Waals surface area contributed by atoms with E-state index in [2.05, 4.69) is 58.9 Å². The van der Waals surface area contributed by atoms with E-state index in [1.807, 2.05) is 6.20 Å². The molecule has 112 valence electrons. The number of hydrogen-bond acceptors (Lipinski definition) is 3. The van der Waals surface area contributed by atoms with Crippen molar-refractivity contribution < 1.29 is 0 Å². The Morgan fingerprint density at radius 3 is 2.86 bits per heavy atom. The monoisotopic (exact) mass is 284 g/mol. The molecule has 0 amide bonds. The van der Waals surface area contributed by atoms with Crippen LogP contribution in [0, 0.1) is 12.8 Å². The van der Waals surface area contributed by atoms with Crippen LogP contribution in [0.15, 0.2) is 36.5 Å². The van der Waals surface area contributed by atoms with Crippen LogP contribution < -0.4 is 5.73 Å². The number of benzene rings is 1. The Balaban J connectivity index is 1.79. The predicted octanol–water partition coefficient (Wildman–Crippen LogP) is 2.35. The third-order valence-corrected chi connectivity index (χ3v) is 4.51. The van der Waals surface area contributed by atoms with E-state index in [-0.39, 0.29) is 0 Å². The summed E-state index contributed by atoms with van der Waals surface area (Å²) in [6.45, 7) is 7.45. The Labute approximate surface area is 126 Å². The molecule has 2 N–H and O–H groups in total. The average molecular weight is 284 g/mol. The second-order valence-corrected chi connectivity index (χ2v) is 6.19. The SMILES string of the molecule is Cc1ccccc1-n1nccc1CN1CCC(N)C(C)C1. The van der Waals surface area contributed by atoms with Gasteiger partial charge in [0.15, 0.2) is 0 Å². The van der Waals surface area contributed by atoms with E-state index in [4.69, 9.17) is 5.73 Å². The van der Waals surface area contributed by atoms with Crippen LogP contribution in [0.25, 0.3) is 5.69 Å². The Bertz CT molecular complexity index is 604. The topological polar surface area (TPSA) is 47.1 Å². The van der Waals surface area contributed by atoms with Gasteiger partial charge in [0.25, 0.3) is 0 Å². The fraction of sp³-hybridized carbons (Fsp3) is 0.471. The molecule has 1 aliphatic heterocycles. The number of hydrogen-bond donors (Lipinski definition) is 1. The van der Waals surface area contributed by atoms with Crippen molar-refractivity contribution >= 4 is 0 Å². The highest BCUT2D eigenvalue weighted by Gasteiger charge is 2.23. The molecule has 21 heavy (non-hydrogen) atoms. The fourth-order valence-corrected chi connectivity index (χ4v) is 3.09. The summed E-state index contributed by atoms with van der Waals surface area (Å²) < 4.78 is 2.06. The summed E-state index contributed by atoms with van der Waals surface area (Å²) >= 11 is 0. The molecule has 4 heteroatoms. The lowest BCUT2D eigenvalue weighted by Crippen LogP contribution is -2.45. The maximum absolute atomic E-state index is 6.11. The van der Waals surface area contributed by atoms with E-state index < -0.39 is 0 Å². The minimum atomic E-state index is 0.350. The predicted molar refractivity (Wildman–Crippen MR) is 85.3 cm³/mol. The first kappa shape index (κ1) is 14.3. The zero-order valence-corrected chi connectivity index (χ0v) is 12.9. The molecule has 0 saturated carbocycles. The molecule has 0 bridgehead atoms. The van der Waals surface area contributed by atoms with Crippen molar-refractivity contribution in [3.63, 3.8) is 0 Å². The molecule has 0 aliphatic carbocycles. The van der Waals surface area contributed by atoms with Crippen LogP contribution in [0.4, 0.5) is 0 Å². The molecule has 4 nitrogen and oxygen atoms in total. The van der Waals surface area contributed by atoms with Gasteiger partial charge in [-0.2, -0.15) is 5.10 Å². The number of para-hydroxylation sites is 1. The Hall–Kier alpha value is -1.65. The number of nitrogens with zero attached hydrogens (tertiary/aromatic N) is 3. The van der Waals surface area contributed by atoms with Crippen molar-refractivity contribution in [2.75, 3.05) is 13.1 Å². The van der Waals surface area contributed by atoms with E-state index in [1.54, 1.807) is 0 Å². The maximum atomic E-state index is 6.11. The lowest BCUT2D eigenvalue weighted by atomic mass is 9.95. The van der Waals surface area contributed by atoms with Crippen LogP contribution in [0.5, 0.6) is 0 Å². The van der Waals surface area contributed by atoms with Crippen LogP contribution in [-0.2, 0) is 6.54 Å². The van der Waals surface area contributed by atoms with Gasteiger partial charge in [-0.15, -0.1) is 0 Å². The quantitative estimate of drug-likeness (QED) is 0.941. The molecular formula is C17H24N4. The third-order valence-electron chi connectivity index (χ3n) is 4.51. The summed E-state index contributed by atoms with van der Waals surface area (Å²) in [5.41, 5.74) is 9.77. The van der Waals surface area contributed by atoms with E-state index in [0.29, 0.717) is 12.0 Å². The lowest BCUT2D eigenvalue weighted by molar-refractivity contribution is 0.155. The van der Waals surface area contributed by atoms with Gasteiger partial charge in [0.05, 0.1) is 11.4 Å². The van der Waals surface area contributed by atoms with Crippen LogP contribution in [-0.4, -0.2) is 33.8 Å². The molecular weight excluding hydrogens is 260 g/mol. The molecule has 2 atom stereocenters. The van der Waals surface area contributed by atoms with Gasteiger partial charge in [0, 0.05) is 31.9 Å².